The summed E-state index contributed by atoms with van der Waals surface area (Å²) < 4.78 is 0. The smallest absolute Gasteiger partial charge is 0.132 e. The monoisotopic (exact) mass is 308 g/mol. The van der Waals surface area contributed by atoms with E-state index in [9.17, 15) is 9.59 Å². The summed E-state index contributed by atoms with van der Waals surface area (Å²) in [6.07, 6.45) is 7.74. The van der Waals surface area contributed by atoms with Crippen LogP contribution in [0.2, 0.25) is 0 Å². The molecule has 0 aromatic rings. The molecule has 0 spiro atoms. The van der Waals surface area contributed by atoms with Crippen molar-refractivity contribution in [2.45, 2.75) is 92.9 Å². The average molecular weight is 309 g/mol. The van der Waals surface area contributed by atoms with Gasteiger partial charge in [0.1, 0.15) is 11.6 Å². The molecule has 2 aliphatic rings. The van der Waals surface area contributed by atoms with Gasteiger partial charge in [0.25, 0.3) is 0 Å². The molecule has 0 aromatic heterocycles. The van der Waals surface area contributed by atoms with Gasteiger partial charge in [-0.1, -0.05) is 41.5 Å². The number of ketones is 2. The molecule has 2 heteroatoms. The van der Waals surface area contributed by atoms with Gasteiger partial charge in [-0.25, -0.2) is 0 Å². The van der Waals surface area contributed by atoms with Crippen molar-refractivity contribution in [3.05, 3.63) is 0 Å². The Hall–Kier alpha value is -0.660. The molecule has 0 aliphatic heterocycles. The van der Waals surface area contributed by atoms with Crippen LogP contribution in [0.4, 0.5) is 0 Å². The Balaban J connectivity index is 0.000000220. The van der Waals surface area contributed by atoms with Crippen molar-refractivity contribution in [3.8, 4) is 0 Å². The van der Waals surface area contributed by atoms with Gasteiger partial charge in [0.05, 0.1) is 0 Å². The van der Waals surface area contributed by atoms with Gasteiger partial charge in [-0.2, -0.15) is 0 Å². The van der Waals surface area contributed by atoms with Crippen molar-refractivity contribution in [2.75, 3.05) is 0 Å². The second-order valence-electron chi connectivity index (χ2n) is 9.36. The largest absolute Gasteiger partial charge is 0.300 e. The normalized spacial score (nSPS) is 22.3. The van der Waals surface area contributed by atoms with E-state index in [0.717, 1.165) is 63.2 Å². The topological polar surface area (TPSA) is 34.1 Å². The van der Waals surface area contributed by atoms with Gasteiger partial charge in [-0.15, -0.1) is 0 Å². The second-order valence-corrected chi connectivity index (χ2v) is 9.36. The van der Waals surface area contributed by atoms with Crippen molar-refractivity contribution in [1.82, 2.24) is 0 Å². The van der Waals surface area contributed by atoms with Crippen LogP contribution in [0.15, 0.2) is 0 Å². The van der Waals surface area contributed by atoms with Crippen LogP contribution in [0.5, 0.6) is 0 Å². The lowest BCUT2D eigenvalue weighted by Gasteiger charge is -2.33. The summed E-state index contributed by atoms with van der Waals surface area (Å²) >= 11 is 0. The Morgan fingerprint density at radius 2 is 0.818 bits per heavy atom. The molecule has 0 unspecified atom stereocenters. The first-order valence-corrected chi connectivity index (χ1v) is 9.03. The molecule has 0 heterocycles. The standard InChI is InChI=1S/2C10H18O/c2*1-10(2,3)8-4-6-9(11)7-5-8/h2*8H,4-7H2,1-3H3. The molecule has 2 fully saturated rings. The minimum absolute atomic E-state index is 0.403. The van der Waals surface area contributed by atoms with Crippen molar-refractivity contribution in [2.24, 2.45) is 22.7 Å². The lowest BCUT2D eigenvalue weighted by molar-refractivity contribution is -0.122. The number of Topliss-reactive ketones (excluding diaryl/α,β-unsaturated/α-hetero) is 2. The highest BCUT2D eigenvalue weighted by atomic mass is 16.1. The van der Waals surface area contributed by atoms with Gasteiger partial charge in [0, 0.05) is 25.7 Å². The molecule has 2 saturated carbocycles. The van der Waals surface area contributed by atoms with E-state index in [1.54, 1.807) is 0 Å². The summed E-state index contributed by atoms with van der Waals surface area (Å²) in [6.45, 7) is 13.6. The Morgan fingerprint density at radius 3 is 1.00 bits per heavy atom. The van der Waals surface area contributed by atoms with E-state index in [-0.39, 0.29) is 0 Å². The first-order chi connectivity index (χ1) is 10.00. The van der Waals surface area contributed by atoms with Crippen molar-refractivity contribution in [3.63, 3.8) is 0 Å². The molecule has 22 heavy (non-hydrogen) atoms. The molecule has 2 rings (SSSR count). The quantitative estimate of drug-likeness (QED) is 0.585. The van der Waals surface area contributed by atoms with E-state index in [0.29, 0.717) is 22.4 Å². The van der Waals surface area contributed by atoms with Crippen LogP contribution in [-0.4, -0.2) is 11.6 Å². The summed E-state index contributed by atoms with van der Waals surface area (Å²) in [5.74, 6) is 2.46. The van der Waals surface area contributed by atoms with Gasteiger partial charge in [0.15, 0.2) is 0 Å². The maximum atomic E-state index is 10.9. The van der Waals surface area contributed by atoms with Crippen LogP contribution in [-0.2, 0) is 9.59 Å². The summed E-state index contributed by atoms with van der Waals surface area (Å²) in [5, 5.41) is 0. The molecule has 0 N–H and O–H groups in total. The molecule has 2 nitrogen and oxygen atoms in total. The molecule has 128 valence electrons. The third-order valence-corrected chi connectivity index (χ3v) is 5.54. The van der Waals surface area contributed by atoms with E-state index in [1.807, 2.05) is 0 Å². The number of hydrogen-bond donors (Lipinski definition) is 0. The van der Waals surface area contributed by atoms with Crippen LogP contribution in [0, 0.1) is 22.7 Å². The zero-order valence-electron chi connectivity index (χ0n) is 15.6. The van der Waals surface area contributed by atoms with Gasteiger partial charge < -0.3 is 0 Å². The van der Waals surface area contributed by atoms with E-state index < -0.39 is 0 Å². The fourth-order valence-corrected chi connectivity index (χ4v) is 3.61. The molecule has 0 amide bonds. The van der Waals surface area contributed by atoms with Crippen molar-refractivity contribution >= 4 is 11.6 Å². The molecular weight excluding hydrogens is 272 g/mol. The fraction of sp³-hybridized carbons (Fsp3) is 0.900. The minimum atomic E-state index is 0.403. The third-order valence-electron chi connectivity index (χ3n) is 5.54. The Morgan fingerprint density at radius 1 is 0.591 bits per heavy atom. The van der Waals surface area contributed by atoms with Crippen molar-refractivity contribution in [1.29, 1.82) is 0 Å². The second kappa shape index (κ2) is 7.75. The summed E-state index contributed by atoms with van der Waals surface area (Å²) in [6, 6.07) is 0. The van der Waals surface area contributed by atoms with Gasteiger partial charge >= 0.3 is 0 Å². The number of carbonyl (C=O) groups is 2. The SMILES string of the molecule is CC(C)(C)C1CCC(=O)CC1.CC(C)(C)C1CCC(=O)CC1. The molecule has 0 atom stereocenters. The first-order valence-electron chi connectivity index (χ1n) is 9.03. The fourth-order valence-electron chi connectivity index (χ4n) is 3.61. The first kappa shape index (κ1) is 19.4. The maximum Gasteiger partial charge on any atom is 0.132 e. The molecule has 0 aromatic carbocycles. The zero-order chi connectivity index (χ0) is 17.0. The van der Waals surface area contributed by atoms with Crippen LogP contribution < -0.4 is 0 Å². The van der Waals surface area contributed by atoms with Crippen LogP contribution in [0.3, 0.4) is 0 Å². The van der Waals surface area contributed by atoms with Crippen LogP contribution in [0.1, 0.15) is 92.9 Å². The van der Waals surface area contributed by atoms with E-state index in [1.165, 1.54) is 0 Å². The predicted octanol–water partition coefficient (Wildman–Crippen LogP) is 5.58. The molecular formula is C20H36O2. The summed E-state index contributed by atoms with van der Waals surface area (Å²) in [4.78, 5) is 21.9. The summed E-state index contributed by atoms with van der Waals surface area (Å²) in [5.41, 5.74) is 0.807. The molecule has 0 bridgehead atoms. The molecule has 0 radical (unpaired) electrons. The maximum absolute atomic E-state index is 10.9. The minimum Gasteiger partial charge on any atom is -0.300 e. The van der Waals surface area contributed by atoms with Crippen LogP contribution >= 0.6 is 0 Å². The zero-order valence-corrected chi connectivity index (χ0v) is 15.6. The lowest BCUT2D eigenvalue weighted by Crippen LogP contribution is -2.25. The molecule has 0 saturated heterocycles. The van der Waals surface area contributed by atoms with Gasteiger partial charge in [0.2, 0.25) is 0 Å². The predicted molar refractivity (Wildman–Crippen MR) is 92.8 cm³/mol. The van der Waals surface area contributed by atoms with Crippen LogP contribution in [0.25, 0.3) is 0 Å². The number of carbonyl (C=O) groups excluding carboxylic acids is 2. The summed E-state index contributed by atoms with van der Waals surface area (Å²) in [7, 11) is 0. The Bertz CT molecular complexity index is 323. The van der Waals surface area contributed by atoms with E-state index >= 15 is 0 Å². The van der Waals surface area contributed by atoms with Gasteiger partial charge in [-0.3, -0.25) is 9.59 Å². The number of rotatable bonds is 0. The highest BCUT2D eigenvalue weighted by molar-refractivity contribution is 5.79. The Labute approximate surface area is 137 Å². The third kappa shape index (κ3) is 6.62. The number of hydrogen-bond acceptors (Lipinski definition) is 2. The molecule has 2 aliphatic carbocycles. The lowest BCUT2D eigenvalue weighted by atomic mass is 9.72. The highest BCUT2D eigenvalue weighted by Gasteiger charge is 2.29. The van der Waals surface area contributed by atoms with Gasteiger partial charge in [-0.05, 0) is 48.3 Å². The van der Waals surface area contributed by atoms with Crippen molar-refractivity contribution < 1.29 is 9.59 Å². The average Bonchev–Trinajstić information content (AvgIpc) is 2.38. The van der Waals surface area contributed by atoms with E-state index in [4.69, 9.17) is 0 Å². The Kier molecular flexibility index (Phi) is 6.83. The van der Waals surface area contributed by atoms with E-state index in [2.05, 4.69) is 41.5 Å². The highest BCUT2D eigenvalue weighted by Crippen LogP contribution is 2.37.